The minimum absolute atomic E-state index is 0.0263. The van der Waals surface area contributed by atoms with Gasteiger partial charge < -0.3 is 26.2 Å². The molecule has 2 aromatic carbocycles. The number of carbonyl (C=O) groups is 2. The zero-order chi connectivity index (χ0) is 29.8. The van der Waals surface area contributed by atoms with Gasteiger partial charge >= 0.3 is 6.03 Å². The first-order valence-electron chi connectivity index (χ1n) is 13.9. The summed E-state index contributed by atoms with van der Waals surface area (Å²) in [4.78, 5) is 40.8. The summed E-state index contributed by atoms with van der Waals surface area (Å²) >= 11 is 6.37. The number of benzene rings is 2. The van der Waals surface area contributed by atoms with Gasteiger partial charge in [0, 0.05) is 37.1 Å². The van der Waals surface area contributed by atoms with Crippen LogP contribution in [-0.4, -0.2) is 44.9 Å². The summed E-state index contributed by atoms with van der Waals surface area (Å²) in [6, 6.07) is 16.4. The Labute approximate surface area is 253 Å². The van der Waals surface area contributed by atoms with Crippen molar-refractivity contribution < 1.29 is 9.59 Å². The molecule has 2 aliphatic heterocycles. The monoisotopic (exact) mass is 593 g/mol. The molecule has 2 aromatic heterocycles. The van der Waals surface area contributed by atoms with Crippen molar-refractivity contribution in [3.8, 4) is 6.07 Å². The Morgan fingerprint density at radius 1 is 1.02 bits per heavy atom. The molecule has 4 heterocycles. The van der Waals surface area contributed by atoms with Crippen molar-refractivity contribution in [2.24, 2.45) is 5.92 Å². The van der Waals surface area contributed by atoms with Gasteiger partial charge in [-0.05, 0) is 72.7 Å². The lowest BCUT2D eigenvalue weighted by Gasteiger charge is -2.18. The van der Waals surface area contributed by atoms with Gasteiger partial charge in [0.1, 0.15) is 11.1 Å². The predicted octanol–water partition coefficient (Wildman–Crippen LogP) is 5.87. The number of amides is 3. The van der Waals surface area contributed by atoms with Gasteiger partial charge in [-0.15, -0.1) is 0 Å². The lowest BCUT2D eigenvalue weighted by atomic mass is 10.0. The zero-order valence-corrected chi connectivity index (χ0v) is 23.9. The number of carbonyl (C=O) groups excluding carboxylic acids is 2. The van der Waals surface area contributed by atoms with Crippen molar-refractivity contribution in [1.82, 2.24) is 19.9 Å². The summed E-state index contributed by atoms with van der Waals surface area (Å²) in [5.74, 6) is 0.761. The fourth-order valence-corrected chi connectivity index (χ4v) is 5.42. The van der Waals surface area contributed by atoms with Crippen LogP contribution in [0.2, 0.25) is 5.02 Å². The second-order valence-electron chi connectivity index (χ2n) is 10.5. The van der Waals surface area contributed by atoms with Crippen molar-refractivity contribution in [3.63, 3.8) is 0 Å². The van der Waals surface area contributed by atoms with Crippen LogP contribution in [-0.2, 0) is 17.6 Å². The van der Waals surface area contributed by atoms with Crippen molar-refractivity contribution in [2.75, 3.05) is 34.4 Å². The molecule has 4 aromatic rings. The van der Waals surface area contributed by atoms with E-state index in [1.807, 2.05) is 30.5 Å². The number of halogens is 1. The highest BCUT2D eigenvalue weighted by molar-refractivity contribution is 6.32. The van der Waals surface area contributed by atoms with E-state index in [1.165, 1.54) is 6.20 Å². The number of aromatic nitrogens is 3. The number of nitriles is 1. The number of hydrogen-bond donors (Lipinski definition) is 4. The molecule has 6 rings (SSSR count). The van der Waals surface area contributed by atoms with E-state index in [0.29, 0.717) is 54.0 Å². The average Bonchev–Trinajstić information content (AvgIpc) is 3.47. The fourth-order valence-electron chi connectivity index (χ4n) is 5.28. The molecule has 6 bridgehead atoms. The van der Waals surface area contributed by atoms with E-state index in [2.05, 4.69) is 42.3 Å². The maximum absolute atomic E-state index is 13.2. The summed E-state index contributed by atoms with van der Waals surface area (Å²) in [5.41, 5.74) is 5.12. The quantitative estimate of drug-likeness (QED) is 0.230. The molecule has 0 saturated carbocycles. The average molecular weight is 594 g/mol. The molecule has 216 valence electrons. The Hall–Kier alpha value is -5.21. The summed E-state index contributed by atoms with van der Waals surface area (Å²) in [7, 11) is 0. The summed E-state index contributed by atoms with van der Waals surface area (Å²) < 4.78 is 0. The number of pyridine rings is 1. The Morgan fingerprint density at radius 3 is 2.79 bits per heavy atom. The first kappa shape index (κ1) is 27.9. The number of likely N-dealkylation sites (tertiary alicyclic amines) is 1. The predicted molar refractivity (Wildman–Crippen MR) is 165 cm³/mol. The smallest absolute Gasteiger partial charge is 0.321 e. The van der Waals surface area contributed by atoms with Crippen molar-refractivity contribution in [1.29, 1.82) is 5.26 Å². The molecule has 43 heavy (non-hydrogen) atoms. The van der Waals surface area contributed by atoms with E-state index < -0.39 is 0 Å². The number of nitrogens with zero attached hydrogens (tertiary/aromatic N) is 5. The Balaban J connectivity index is 1.14. The molecule has 2 aliphatic rings. The number of fused-ring (bicyclic) bond motifs is 6. The Kier molecular flexibility index (Phi) is 8.02. The van der Waals surface area contributed by atoms with Gasteiger partial charge in [-0.3, -0.25) is 9.78 Å². The minimum Gasteiger partial charge on any atom is -0.339 e. The topological polar surface area (TPSA) is 148 Å². The van der Waals surface area contributed by atoms with E-state index in [9.17, 15) is 14.9 Å². The van der Waals surface area contributed by atoms with Crippen LogP contribution in [0.5, 0.6) is 0 Å². The third-order valence-corrected chi connectivity index (χ3v) is 7.73. The number of hydrogen-bond acceptors (Lipinski definition) is 8. The molecule has 1 atom stereocenters. The van der Waals surface area contributed by atoms with Gasteiger partial charge in [-0.25, -0.2) is 9.78 Å². The van der Waals surface area contributed by atoms with Crippen molar-refractivity contribution >= 4 is 58.1 Å². The lowest BCUT2D eigenvalue weighted by molar-refractivity contribution is -0.117. The molecular formula is C31H28ClN9O2. The highest BCUT2D eigenvalue weighted by Gasteiger charge is 2.28. The minimum atomic E-state index is -0.274. The number of urea groups is 1. The standard InChI is InChI=1S/C31H28ClN9O2/c32-25-17-35-30-37-24-11-19(15-34-16-24)5-6-21-13-23(36-29(25)40-30)7-8-27(21)38-28(42)12-20-9-10-41(18-20)31(43)39-26-4-2-1-3-22(26)14-33/h1-4,7-8,11,13,15-17,20H,5-6,9-10,12,18H2,(H,38,42)(H,39,43)(H2,35,36,37,40)/t20-/m0/s1. The molecule has 12 heteroatoms. The van der Waals surface area contributed by atoms with Crippen LogP contribution in [0.4, 0.5) is 39.3 Å². The Bertz CT molecular complexity index is 1740. The zero-order valence-electron chi connectivity index (χ0n) is 23.1. The second kappa shape index (κ2) is 12.3. The maximum atomic E-state index is 13.2. The van der Waals surface area contributed by atoms with Gasteiger partial charge in [-0.2, -0.15) is 10.2 Å². The number of nitrogens with one attached hydrogen (secondary N) is 4. The molecule has 3 amide bonds. The van der Waals surface area contributed by atoms with E-state index >= 15 is 0 Å². The third kappa shape index (κ3) is 6.66. The first-order valence-corrected chi connectivity index (χ1v) is 14.3. The SMILES string of the molecule is N#Cc1ccccc1NC(=O)N1CC[C@@H](CC(=O)Nc2ccc3cc2CCc2cncc(c2)Nc2ncc(Cl)c(n2)N3)C1. The normalized spacial score (nSPS) is 15.4. The van der Waals surface area contributed by atoms with Gasteiger partial charge in [0.25, 0.3) is 0 Å². The molecule has 11 nitrogen and oxygen atoms in total. The van der Waals surface area contributed by atoms with Crippen molar-refractivity contribution in [3.05, 3.63) is 88.8 Å². The van der Waals surface area contributed by atoms with Gasteiger partial charge in [-0.1, -0.05) is 23.7 Å². The molecule has 4 N–H and O–H groups in total. The van der Waals surface area contributed by atoms with E-state index in [0.717, 1.165) is 34.6 Å². The Morgan fingerprint density at radius 2 is 1.91 bits per heavy atom. The fraction of sp³-hybridized carbons (Fsp3) is 0.226. The molecule has 0 aliphatic carbocycles. The molecule has 0 radical (unpaired) electrons. The number of aryl methyl sites for hydroxylation is 2. The van der Waals surface area contributed by atoms with Crippen LogP contribution in [0, 0.1) is 17.2 Å². The summed E-state index contributed by atoms with van der Waals surface area (Å²) in [6.45, 7) is 1.00. The maximum Gasteiger partial charge on any atom is 0.321 e. The van der Waals surface area contributed by atoms with E-state index in [-0.39, 0.29) is 24.3 Å². The van der Waals surface area contributed by atoms with Gasteiger partial charge in [0.05, 0.1) is 29.3 Å². The summed E-state index contributed by atoms with van der Waals surface area (Å²) in [5, 5.41) is 22.0. The van der Waals surface area contributed by atoms with Crippen LogP contribution in [0.3, 0.4) is 0 Å². The van der Waals surface area contributed by atoms with Crippen LogP contribution in [0.15, 0.2) is 67.1 Å². The van der Waals surface area contributed by atoms with Crippen LogP contribution >= 0.6 is 11.6 Å². The van der Waals surface area contributed by atoms with Crippen LogP contribution in [0.25, 0.3) is 0 Å². The van der Waals surface area contributed by atoms with Crippen LogP contribution < -0.4 is 21.3 Å². The number of rotatable bonds is 4. The number of para-hydroxylation sites is 1. The molecular weight excluding hydrogens is 566 g/mol. The first-order chi connectivity index (χ1) is 20.9. The van der Waals surface area contributed by atoms with Crippen LogP contribution in [0.1, 0.15) is 29.5 Å². The molecule has 1 saturated heterocycles. The van der Waals surface area contributed by atoms with Gasteiger partial charge in [0.2, 0.25) is 11.9 Å². The van der Waals surface area contributed by atoms with Gasteiger partial charge in [0.15, 0.2) is 5.82 Å². The molecule has 0 spiro atoms. The summed E-state index contributed by atoms with van der Waals surface area (Å²) in [6.07, 6.45) is 7.43. The lowest BCUT2D eigenvalue weighted by Crippen LogP contribution is -2.33. The highest BCUT2D eigenvalue weighted by atomic mass is 35.5. The van der Waals surface area contributed by atoms with Crippen molar-refractivity contribution in [2.45, 2.75) is 25.7 Å². The van der Waals surface area contributed by atoms with E-state index in [1.54, 1.807) is 35.4 Å². The second-order valence-corrected chi connectivity index (χ2v) is 10.9. The largest absolute Gasteiger partial charge is 0.339 e. The highest BCUT2D eigenvalue weighted by Crippen LogP contribution is 2.30. The number of anilines is 6. The third-order valence-electron chi connectivity index (χ3n) is 7.46. The molecule has 1 fully saturated rings. The van der Waals surface area contributed by atoms with E-state index in [4.69, 9.17) is 11.6 Å². The molecule has 0 unspecified atom stereocenters.